The average Bonchev–Trinajstić information content (AvgIpc) is 2.89. The Morgan fingerprint density at radius 1 is 1.08 bits per heavy atom. The second-order valence-electron chi connectivity index (χ2n) is 8.13. The van der Waals surface area contributed by atoms with Gasteiger partial charge in [-0.3, -0.25) is 9.36 Å². The van der Waals surface area contributed by atoms with E-state index in [1.54, 1.807) is 85.8 Å². The van der Waals surface area contributed by atoms with Gasteiger partial charge in [-0.05, 0) is 55.5 Å². The van der Waals surface area contributed by atoms with Crippen LogP contribution < -0.4 is 15.6 Å². The van der Waals surface area contributed by atoms with E-state index in [4.69, 9.17) is 26.1 Å². The van der Waals surface area contributed by atoms with Crippen molar-refractivity contribution in [2.45, 2.75) is 13.0 Å². The van der Waals surface area contributed by atoms with Crippen molar-refractivity contribution in [2.75, 3.05) is 32.7 Å². The molecule has 0 saturated heterocycles. The Morgan fingerprint density at radius 3 is 2.56 bits per heavy atom. The van der Waals surface area contributed by atoms with Crippen LogP contribution in [-0.4, -0.2) is 47.9 Å². The lowest BCUT2D eigenvalue weighted by Crippen LogP contribution is -2.41. The molecule has 4 rings (SSSR count). The molecule has 1 atom stereocenters. The Bertz CT molecular complexity index is 1420. The highest BCUT2D eigenvalue weighted by atomic mass is 35.5. The molecule has 0 fully saturated rings. The van der Waals surface area contributed by atoms with Crippen molar-refractivity contribution in [1.29, 1.82) is 0 Å². The number of ether oxygens (including phenoxy) is 2. The monoisotopic (exact) mass is 506 g/mol. The first kappa shape index (κ1) is 25.2. The summed E-state index contributed by atoms with van der Waals surface area (Å²) in [5, 5.41) is 3.94. The molecule has 0 aliphatic rings. The van der Waals surface area contributed by atoms with Crippen LogP contribution in [0.15, 0.2) is 77.6 Å². The summed E-state index contributed by atoms with van der Waals surface area (Å²) in [6.45, 7) is 2.41. The molecule has 1 heterocycles. The van der Waals surface area contributed by atoms with Gasteiger partial charge in [-0.2, -0.15) is 0 Å². The second kappa shape index (κ2) is 11.2. The minimum absolute atomic E-state index is 0.232. The van der Waals surface area contributed by atoms with E-state index in [9.17, 15) is 9.59 Å². The van der Waals surface area contributed by atoms with Gasteiger partial charge in [-0.1, -0.05) is 29.8 Å². The number of carbonyl (C=O) groups excluding carboxylic acids is 1. The van der Waals surface area contributed by atoms with Crippen LogP contribution in [0.5, 0.6) is 5.75 Å². The predicted octanol–water partition coefficient (Wildman–Crippen LogP) is 5.29. The molecule has 2 amide bonds. The highest BCUT2D eigenvalue weighted by Gasteiger charge is 2.27. The maximum Gasteiger partial charge on any atom is 0.322 e. The number of hydrogen-bond acceptors (Lipinski definition) is 5. The van der Waals surface area contributed by atoms with Gasteiger partial charge in [0.05, 0.1) is 36.3 Å². The van der Waals surface area contributed by atoms with Crippen LogP contribution in [0.2, 0.25) is 5.02 Å². The molecule has 1 N–H and O–H groups in total. The van der Waals surface area contributed by atoms with Crippen molar-refractivity contribution in [2.24, 2.45) is 0 Å². The summed E-state index contributed by atoms with van der Waals surface area (Å²) >= 11 is 6.10. The summed E-state index contributed by atoms with van der Waals surface area (Å²) in [5.41, 5.74) is 1.50. The van der Waals surface area contributed by atoms with E-state index in [0.717, 1.165) is 0 Å². The first-order chi connectivity index (χ1) is 17.4. The summed E-state index contributed by atoms with van der Waals surface area (Å²) in [6.07, 6.45) is 0. The zero-order valence-electron chi connectivity index (χ0n) is 20.3. The minimum atomic E-state index is -0.584. The van der Waals surface area contributed by atoms with E-state index >= 15 is 0 Å². The van der Waals surface area contributed by atoms with Gasteiger partial charge in [-0.15, -0.1) is 0 Å². The Kier molecular flexibility index (Phi) is 7.87. The Balaban J connectivity index is 1.80. The van der Waals surface area contributed by atoms with Crippen molar-refractivity contribution in [3.63, 3.8) is 0 Å². The van der Waals surface area contributed by atoms with Crippen LogP contribution in [0, 0.1) is 0 Å². The lowest BCUT2D eigenvalue weighted by molar-refractivity contribution is 0.137. The lowest BCUT2D eigenvalue weighted by Gasteiger charge is -2.30. The van der Waals surface area contributed by atoms with Crippen LogP contribution in [0.4, 0.5) is 10.5 Å². The topological polar surface area (TPSA) is 85.7 Å². The number of para-hydroxylation sites is 1. The number of nitrogens with one attached hydrogen (secondary N) is 1. The number of aromatic nitrogens is 2. The van der Waals surface area contributed by atoms with Crippen molar-refractivity contribution >= 4 is 34.2 Å². The van der Waals surface area contributed by atoms with Crippen LogP contribution in [0.1, 0.15) is 18.8 Å². The molecule has 0 bridgehead atoms. The Labute approximate surface area is 214 Å². The molecule has 1 unspecified atom stereocenters. The molecule has 0 radical (unpaired) electrons. The third-order valence-electron chi connectivity index (χ3n) is 5.85. The van der Waals surface area contributed by atoms with Crippen molar-refractivity contribution in [3.8, 4) is 11.4 Å². The molecule has 8 nitrogen and oxygen atoms in total. The van der Waals surface area contributed by atoms with Gasteiger partial charge >= 0.3 is 6.03 Å². The maximum atomic E-state index is 13.6. The standard InChI is InChI=1S/C27H27ClN4O4/c1-18(31(15-16-35-2)27(34)29-20-7-6-8-22(17-20)36-3)25-30-24-10-5-4-9-23(24)26(33)32(25)21-13-11-19(28)12-14-21/h4-14,17-18H,15-16H2,1-3H3,(H,29,34). The quantitative estimate of drug-likeness (QED) is 0.351. The molecular weight excluding hydrogens is 480 g/mol. The van der Waals surface area contributed by atoms with Crippen molar-refractivity contribution < 1.29 is 14.3 Å². The zero-order valence-corrected chi connectivity index (χ0v) is 21.0. The predicted molar refractivity (Wildman–Crippen MR) is 141 cm³/mol. The number of anilines is 1. The number of urea groups is 1. The normalized spacial score (nSPS) is 11.8. The molecule has 3 aromatic carbocycles. The first-order valence-corrected chi connectivity index (χ1v) is 11.8. The minimum Gasteiger partial charge on any atom is -0.497 e. The fraction of sp³-hybridized carbons (Fsp3) is 0.222. The number of rotatable bonds is 8. The molecule has 0 aliphatic carbocycles. The molecule has 9 heteroatoms. The fourth-order valence-electron chi connectivity index (χ4n) is 3.97. The maximum absolute atomic E-state index is 13.6. The van der Waals surface area contributed by atoms with E-state index < -0.39 is 6.04 Å². The van der Waals surface area contributed by atoms with E-state index in [1.807, 2.05) is 13.0 Å². The van der Waals surface area contributed by atoms with Gasteiger partial charge in [0.15, 0.2) is 0 Å². The number of methoxy groups -OCH3 is 2. The highest BCUT2D eigenvalue weighted by Crippen LogP contribution is 2.25. The van der Waals surface area contributed by atoms with Crippen LogP contribution >= 0.6 is 11.6 Å². The lowest BCUT2D eigenvalue weighted by atomic mass is 10.2. The van der Waals surface area contributed by atoms with E-state index in [2.05, 4.69) is 5.32 Å². The number of halogens is 1. The van der Waals surface area contributed by atoms with Crippen molar-refractivity contribution in [3.05, 3.63) is 94.0 Å². The van der Waals surface area contributed by atoms with Crippen molar-refractivity contribution in [1.82, 2.24) is 14.5 Å². The molecule has 0 aliphatic heterocycles. The van der Waals surface area contributed by atoms with Gasteiger partial charge in [0, 0.05) is 30.4 Å². The smallest absolute Gasteiger partial charge is 0.322 e. The molecule has 0 spiro atoms. The Hall–Kier alpha value is -3.88. The van der Waals surface area contributed by atoms with Gasteiger partial charge < -0.3 is 19.7 Å². The second-order valence-corrected chi connectivity index (χ2v) is 8.56. The molecule has 1 aromatic heterocycles. The number of fused-ring (bicyclic) bond motifs is 1. The summed E-state index contributed by atoms with van der Waals surface area (Å²) in [7, 11) is 3.13. The van der Waals surface area contributed by atoms with Gasteiger partial charge in [-0.25, -0.2) is 9.78 Å². The van der Waals surface area contributed by atoms with Gasteiger partial charge in [0.1, 0.15) is 11.6 Å². The first-order valence-electron chi connectivity index (χ1n) is 11.4. The number of nitrogens with zero attached hydrogens (tertiary/aromatic N) is 3. The number of carbonyl (C=O) groups is 1. The van der Waals surface area contributed by atoms with E-state index in [0.29, 0.717) is 45.5 Å². The fourth-order valence-corrected chi connectivity index (χ4v) is 4.09. The van der Waals surface area contributed by atoms with Crippen LogP contribution in [0.3, 0.4) is 0 Å². The third kappa shape index (κ3) is 5.35. The SMILES string of the molecule is COCCN(C(=O)Nc1cccc(OC)c1)C(C)c1nc2ccccc2c(=O)n1-c1ccc(Cl)cc1. The zero-order chi connectivity index (χ0) is 25.7. The molecule has 186 valence electrons. The van der Waals surface area contributed by atoms with E-state index in [-0.39, 0.29) is 18.1 Å². The van der Waals surface area contributed by atoms with E-state index in [1.165, 1.54) is 4.57 Å². The number of amides is 2. The summed E-state index contributed by atoms with van der Waals surface area (Å²) in [5.74, 6) is 1.04. The van der Waals surface area contributed by atoms with Crippen LogP contribution in [0.25, 0.3) is 16.6 Å². The summed E-state index contributed by atoms with van der Waals surface area (Å²) in [6, 6.07) is 20.2. The van der Waals surface area contributed by atoms with Gasteiger partial charge in [0.25, 0.3) is 5.56 Å². The summed E-state index contributed by atoms with van der Waals surface area (Å²) < 4.78 is 12.1. The number of hydrogen-bond donors (Lipinski definition) is 1. The molecule has 4 aromatic rings. The highest BCUT2D eigenvalue weighted by molar-refractivity contribution is 6.30. The molecule has 36 heavy (non-hydrogen) atoms. The summed E-state index contributed by atoms with van der Waals surface area (Å²) in [4.78, 5) is 33.5. The molecule has 0 saturated carbocycles. The molecular formula is C27H27ClN4O4. The third-order valence-corrected chi connectivity index (χ3v) is 6.10. The number of benzene rings is 3. The van der Waals surface area contributed by atoms with Crippen LogP contribution in [-0.2, 0) is 4.74 Å². The Morgan fingerprint density at radius 2 is 1.83 bits per heavy atom. The largest absolute Gasteiger partial charge is 0.497 e. The van der Waals surface area contributed by atoms with Gasteiger partial charge in [0.2, 0.25) is 0 Å². The average molecular weight is 507 g/mol.